The van der Waals surface area contributed by atoms with Crippen LogP contribution in [0.4, 0.5) is 5.13 Å². The molecule has 1 saturated heterocycles. The van der Waals surface area contributed by atoms with Crippen molar-refractivity contribution in [1.29, 1.82) is 0 Å². The zero-order valence-electron chi connectivity index (χ0n) is 27.4. The summed E-state index contributed by atoms with van der Waals surface area (Å²) in [5.74, 6) is -3.59. The number of ether oxygens (including phenoxy) is 1. The van der Waals surface area contributed by atoms with Crippen LogP contribution in [0.25, 0.3) is 11.1 Å². The number of benzene rings is 1. The number of carbonyl (C=O) groups excluding carboxylic acids is 3. The van der Waals surface area contributed by atoms with E-state index in [0.717, 1.165) is 22.5 Å². The summed E-state index contributed by atoms with van der Waals surface area (Å²) in [4.78, 5) is 59.5. The number of nitrogens with zero attached hydrogens (tertiary/aromatic N) is 4. The fraction of sp³-hybridized carbons (Fsp3) is 0.345. The lowest BCUT2D eigenvalue weighted by atomic mass is 9.84. The van der Waals surface area contributed by atoms with Crippen LogP contribution >= 0.6 is 11.3 Å². The summed E-state index contributed by atoms with van der Waals surface area (Å²) in [6.07, 6.45) is 0.0334. The quantitative estimate of drug-likeness (QED) is 0.0283. The largest absolute Gasteiger partial charge is 0.489 e. The molecule has 1 aliphatic rings. The van der Waals surface area contributed by atoms with E-state index in [2.05, 4.69) is 25.1 Å². The predicted octanol–water partition coefficient (Wildman–Crippen LogP) is -1.67. The number of hydroxylamine groups is 2. The van der Waals surface area contributed by atoms with Crippen LogP contribution in [0.2, 0.25) is 0 Å². The van der Waals surface area contributed by atoms with E-state index in [1.54, 1.807) is 54.2 Å². The van der Waals surface area contributed by atoms with Crippen LogP contribution < -0.4 is 37.1 Å². The van der Waals surface area contributed by atoms with E-state index in [9.17, 15) is 32.7 Å². The molecule has 10 N–H and O–H groups in total. The number of carbonyl (C=O) groups is 4. The van der Waals surface area contributed by atoms with Gasteiger partial charge in [0.2, 0.25) is 0 Å². The monoisotopic (exact) mass is 750 g/mol. The summed E-state index contributed by atoms with van der Waals surface area (Å²) < 4.78 is 42.7. The summed E-state index contributed by atoms with van der Waals surface area (Å²) in [6.45, 7) is 2.56. The number of anilines is 1. The maximum Gasteiger partial charge on any atom is 0.418 e. The van der Waals surface area contributed by atoms with Crippen LogP contribution in [-0.4, -0.2) is 101 Å². The number of oxime groups is 1. The third-order valence-electron chi connectivity index (χ3n) is 7.51. The van der Waals surface area contributed by atoms with Crippen molar-refractivity contribution in [3.05, 3.63) is 59.4 Å². The number of hydrogen-bond acceptors (Lipinski definition) is 15. The standard InChI is InChI=1S/C29H35N9O11S2/c1-29(2)23(26(41)38(29)49-51(44,45)46)35-25(40)22(19-14-50-28(32)34-19)36-48-21(27(42)43)13-47-18-7-4-15(5-8-18)16-6-9-20(37(3)12-16)24(39)33-17(10-30)11-31/h4-9,12,14,17,21,23H,10-11,13,30-31H2,1-3H3,(H5-,32,33,34,35,39,40,42,43,44,45,46)/p+1/b36-22-/t21-,23?/m0/s1. The van der Waals surface area contributed by atoms with E-state index in [1.807, 2.05) is 0 Å². The van der Waals surface area contributed by atoms with Crippen LogP contribution in [0.1, 0.15) is 30.0 Å². The Bertz CT molecular complexity index is 1930. The topological polar surface area (TPSA) is 305 Å². The average molecular weight is 751 g/mol. The molecule has 3 heterocycles. The Kier molecular flexibility index (Phi) is 11.9. The van der Waals surface area contributed by atoms with Crippen LogP contribution in [0, 0.1) is 0 Å². The van der Waals surface area contributed by atoms with Gasteiger partial charge < -0.3 is 42.5 Å². The fourth-order valence-electron chi connectivity index (χ4n) is 4.69. The van der Waals surface area contributed by atoms with Crippen molar-refractivity contribution in [3.63, 3.8) is 0 Å². The minimum absolute atomic E-state index is 0.0400. The second-order valence-electron chi connectivity index (χ2n) is 11.5. The van der Waals surface area contributed by atoms with Crippen LogP contribution in [0.15, 0.2) is 53.1 Å². The second kappa shape index (κ2) is 15.7. The first-order valence-electron chi connectivity index (χ1n) is 14.9. The Labute approximate surface area is 295 Å². The third-order valence-corrected chi connectivity index (χ3v) is 8.52. The highest BCUT2D eigenvalue weighted by Gasteiger charge is 2.58. The summed E-state index contributed by atoms with van der Waals surface area (Å²) in [6, 6.07) is 8.33. The molecule has 2 atom stereocenters. The fourth-order valence-corrected chi connectivity index (χ4v) is 5.69. The number of thiazole rings is 1. The minimum atomic E-state index is -5.03. The zero-order chi connectivity index (χ0) is 37.7. The van der Waals surface area contributed by atoms with Crippen molar-refractivity contribution in [2.45, 2.75) is 37.6 Å². The Balaban J connectivity index is 1.43. The number of nitrogen functional groups attached to an aromatic ring is 1. The third kappa shape index (κ3) is 9.30. The normalized spacial score (nSPS) is 16.3. The lowest BCUT2D eigenvalue weighted by Crippen LogP contribution is -2.76. The van der Waals surface area contributed by atoms with Crippen LogP contribution in [0.3, 0.4) is 0 Å². The molecular weight excluding hydrogens is 715 g/mol. The van der Waals surface area contributed by atoms with Crippen molar-refractivity contribution in [2.24, 2.45) is 23.7 Å². The van der Waals surface area contributed by atoms with E-state index in [-0.39, 0.29) is 41.6 Å². The lowest BCUT2D eigenvalue weighted by Gasteiger charge is -2.50. The lowest BCUT2D eigenvalue weighted by molar-refractivity contribution is -0.673. The SMILES string of the molecule is C[n+]1cc(-c2ccc(OC[C@H](O/N=C(\C(=O)NC3C(=O)N(OS(=O)(=O)O)C3(C)C)c3csc(N)n3)C(=O)O)cc2)ccc1C(=O)NC(CN)CN. The smallest absolute Gasteiger partial charge is 0.418 e. The number of nitrogens with two attached hydrogens (primary N) is 3. The van der Waals surface area contributed by atoms with Gasteiger partial charge in [-0.05, 0) is 37.6 Å². The van der Waals surface area contributed by atoms with Gasteiger partial charge >= 0.3 is 22.3 Å². The highest BCUT2D eigenvalue weighted by molar-refractivity contribution is 7.80. The van der Waals surface area contributed by atoms with Gasteiger partial charge in [-0.1, -0.05) is 17.3 Å². The molecule has 1 aromatic carbocycles. The van der Waals surface area contributed by atoms with Gasteiger partial charge in [-0.2, -0.15) is 18.0 Å². The molecule has 1 unspecified atom stereocenters. The summed E-state index contributed by atoms with van der Waals surface area (Å²) in [5, 5.41) is 20.3. The van der Waals surface area contributed by atoms with Crippen molar-refractivity contribution < 1.29 is 55.7 Å². The van der Waals surface area contributed by atoms with Gasteiger partial charge in [-0.3, -0.25) is 18.9 Å². The highest BCUT2D eigenvalue weighted by atomic mass is 32.3. The number of aromatic nitrogens is 2. The summed E-state index contributed by atoms with van der Waals surface area (Å²) in [7, 11) is -3.32. The van der Waals surface area contributed by atoms with Crippen LogP contribution in [0.5, 0.6) is 5.75 Å². The van der Waals surface area contributed by atoms with Gasteiger partial charge in [0.05, 0.1) is 11.6 Å². The molecule has 1 fully saturated rings. The van der Waals surface area contributed by atoms with Gasteiger partial charge in [0.25, 0.3) is 23.6 Å². The first-order chi connectivity index (χ1) is 23.9. The number of carboxylic acid groups (broad SMARTS) is 1. The van der Waals surface area contributed by atoms with Crippen molar-refractivity contribution in [2.75, 3.05) is 25.4 Å². The number of pyridine rings is 1. The summed E-state index contributed by atoms with van der Waals surface area (Å²) >= 11 is 0.942. The molecule has 274 valence electrons. The Morgan fingerprint density at radius 3 is 2.31 bits per heavy atom. The summed E-state index contributed by atoms with van der Waals surface area (Å²) in [5.41, 5.74) is 16.8. The van der Waals surface area contributed by atoms with Gasteiger partial charge in [0.1, 0.15) is 31.1 Å². The van der Waals surface area contributed by atoms with Crippen molar-refractivity contribution in [1.82, 2.24) is 20.7 Å². The average Bonchev–Trinajstić information content (AvgIpc) is 3.51. The molecule has 0 bridgehead atoms. The number of amides is 3. The molecule has 20 nitrogen and oxygen atoms in total. The second-order valence-corrected chi connectivity index (χ2v) is 13.4. The zero-order valence-corrected chi connectivity index (χ0v) is 29.0. The molecule has 51 heavy (non-hydrogen) atoms. The molecule has 2 aromatic heterocycles. The van der Waals surface area contributed by atoms with Crippen molar-refractivity contribution >= 4 is 56.3 Å². The van der Waals surface area contributed by atoms with E-state index in [1.165, 1.54) is 19.2 Å². The maximum absolute atomic E-state index is 13.2. The van der Waals surface area contributed by atoms with Gasteiger partial charge in [0.15, 0.2) is 17.0 Å². The number of rotatable bonds is 16. The number of hydrogen-bond donors (Lipinski definition) is 7. The number of aryl methyl sites for hydroxylation is 1. The molecule has 0 saturated carbocycles. The first kappa shape index (κ1) is 38.5. The molecule has 1 aliphatic heterocycles. The molecular formula is C29H36N9O11S2+. The number of carboxylic acids is 1. The maximum atomic E-state index is 13.2. The molecule has 4 rings (SSSR count). The molecule has 3 amide bonds. The van der Waals surface area contributed by atoms with E-state index >= 15 is 0 Å². The van der Waals surface area contributed by atoms with E-state index in [4.69, 9.17) is 31.3 Å². The van der Waals surface area contributed by atoms with Gasteiger partial charge in [-0.15, -0.1) is 15.6 Å². The molecule has 3 aromatic rings. The molecule has 0 aliphatic carbocycles. The Morgan fingerprint density at radius 1 is 1.14 bits per heavy atom. The van der Waals surface area contributed by atoms with Crippen molar-refractivity contribution in [3.8, 4) is 16.9 Å². The number of nitrogens with one attached hydrogen (secondary N) is 2. The van der Waals surface area contributed by atoms with Gasteiger partial charge in [0, 0.05) is 30.1 Å². The van der Waals surface area contributed by atoms with Crippen LogP contribution in [-0.2, 0) is 41.0 Å². The Hall–Kier alpha value is -5.26. The molecule has 22 heteroatoms. The molecule has 0 radical (unpaired) electrons. The minimum Gasteiger partial charge on any atom is -0.489 e. The van der Waals surface area contributed by atoms with E-state index in [0.29, 0.717) is 10.8 Å². The van der Waals surface area contributed by atoms with Gasteiger partial charge in [-0.25, -0.2) is 9.78 Å². The Morgan fingerprint density at radius 2 is 1.78 bits per heavy atom. The van der Waals surface area contributed by atoms with E-state index < -0.39 is 58.2 Å². The number of aliphatic carboxylic acids is 1. The molecule has 0 spiro atoms. The highest BCUT2D eigenvalue weighted by Crippen LogP contribution is 2.33. The number of β-lactam (4-membered cyclic amide) rings is 1. The first-order valence-corrected chi connectivity index (χ1v) is 17.1. The predicted molar refractivity (Wildman–Crippen MR) is 179 cm³/mol.